The van der Waals surface area contributed by atoms with E-state index in [1.807, 2.05) is 0 Å². The van der Waals surface area contributed by atoms with E-state index in [0.717, 1.165) is 23.3 Å². The predicted octanol–water partition coefficient (Wildman–Crippen LogP) is 2.57. The fourth-order valence-electron chi connectivity index (χ4n) is 4.74. The second-order valence-corrected chi connectivity index (χ2v) is 9.02. The first-order valence-corrected chi connectivity index (χ1v) is 11.9. The van der Waals surface area contributed by atoms with Gasteiger partial charge in [-0.3, -0.25) is 14.4 Å². The van der Waals surface area contributed by atoms with Crippen molar-refractivity contribution in [2.75, 3.05) is 24.3 Å². The summed E-state index contributed by atoms with van der Waals surface area (Å²) in [5.74, 6) is -3.61. The Balaban J connectivity index is 1.68. The second kappa shape index (κ2) is 11.0. The van der Waals surface area contributed by atoms with Crippen LogP contribution in [0.4, 0.5) is 20.2 Å². The highest BCUT2D eigenvalue weighted by atomic mass is 19.1. The number of nitrogens with one attached hydrogen (secondary N) is 2. The van der Waals surface area contributed by atoms with Gasteiger partial charge in [-0.2, -0.15) is 0 Å². The van der Waals surface area contributed by atoms with E-state index in [1.165, 1.54) is 17.4 Å². The maximum absolute atomic E-state index is 14.3. The third-order valence-corrected chi connectivity index (χ3v) is 6.72. The molecular formula is C26H29F2N4O4. The molecule has 36 heavy (non-hydrogen) atoms. The standard InChI is InChI=1S/C26H29F2N4O4/c1-2-22(33)30-23(15-8-10-36-11-9-15)26(35)32-14-17-12-18(29)7-6-16(17)13-21(32)25(34)31-24-19(27)4-3-5-20(24)28/h2-7,12,15,21,23H,8-11,13-14,29H2,1H3,(H,30,33)(H,31,34)/t21-,23-/m0/s1. The van der Waals surface area contributed by atoms with Crippen LogP contribution in [0.1, 0.15) is 30.9 Å². The lowest BCUT2D eigenvalue weighted by atomic mass is 9.87. The summed E-state index contributed by atoms with van der Waals surface area (Å²) < 4.78 is 33.9. The van der Waals surface area contributed by atoms with Gasteiger partial charge in [0, 0.05) is 38.3 Å². The van der Waals surface area contributed by atoms with E-state index >= 15 is 0 Å². The molecule has 1 saturated heterocycles. The number of hydrogen-bond acceptors (Lipinski definition) is 5. The van der Waals surface area contributed by atoms with E-state index in [9.17, 15) is 23.2 Å². The molecule has 2 aromatic carbocycles. The van der Waals surface area contributed by atoms with Crippen LogP contribution in [0.2, 0.25) is 0 Å². The van der Waals surface area contributed by atoms with Gasteiger partial charge in [-0.1, -0.05) is 19.1 Å². The van der Waals surface area contributed by atoms with Crippen LogP contribution in [0.15, 0.2) is 36.4 Å². The van der Waals surface area contributed by atoms with E-state index < -0.39 is 47.1 Å². The van der Waals surface area contributed by atoms with E-state index in [1.54, 1.807) is 25.1 Å². The fraction of sp³-hybridized carbons (Fsp3) is 0.385. The van der Waals surface area contributed by atoms with Crippen LogP contribution in [0.5, 0.6) is 0 Å². The van der Waals surface area contributed by atoms with Crippen LogP contribution >= 0.6 is 0 Å². The first-order valence-electron chi connectivity index (χ1n) is 11.9. The van der Waals surface area contributed by atoms with Gasteiger partial charge in [-0.05, 0) is 54.2 Å². The molecule has 0 aromatic heterocycles. The molecule has 10 heteroatoms. The van der Waals surface area contributed by atoms with Gasteiger partial charge in [0.05, 0.1) is 0 Å². The molecular weight excluding hydrogens is 470 g/mol. The molecule has 0 aliphatic carbocycles. The molecule has 2 aromatic rings. The first-order chi connectivity index (χ1) is 17.3. The molecule has 0 unspecified atom stereocenters. The zero-order valence-electron chi connectivity index (χ0n) is 19.9. The van der Waals surface area contributed by atoms with Crippen molar-refractivity contribution in [3.8, 4) is 0 Å². The molecule has 1 fully saturated rings. The first kappa shape index (κ1) is 25.6. The second-order valence-electron chi connectivity index (χ2n) is 9.02. The van der Waals surface area contributed by atoms with Crippen LogP contribution in [0.3, 0.4) is 0 Å². The normalized spacial score (nSPS) is 18.8. The molecule has 2 heterocycles. The number of rotatable bonds is 6. The minimum Gasteiger partial charge on any atom is -0.399 e. The molecule has 3 amide bonds. The van der Waals surface area contributed by atoms with Crippen molar-refractivity contribution < 1.29 is 27.9 Å². The Morgan fingerprint density at radius 1 is 1.11 bits per heavy atom. The van der Waals surface area contributed by atoms with Crippen molar-refractivity contribution in [2.24, 2.45) is 5.92 Å². The van der Waals surface area contributed by atoms with Crippen LogP contribution in [0.25, 0.3) is 0 Å². The Bertz CT molecular complexity index is 1130. The quantitative estimate of drug-likeness (QED) is 0.529. The number of carbonyl (C=O) groups is 3. The molecule has 4 N–H and O–H groups in total. The van der Waals surface area contributed by atoms with Crippen molar-refractivity contribution in [3.63, 3.8) is 0 Å². The average Bonchev–Trinajstić information content (AvgIpc) is 2.88. The van der Waals surface area contributed by atoms with Crippen molar-refractivity contribution >= 4 is 29.1 Å². The monoisotopic (exact) mass is 499 g/mol. The number of fused-ring (bicyclic) bond motifs is 1. The summed E-state index contributed by atoms with van der Waals surface area (Å²) in [4.78, 5) is 41.0. The lowest BCUT2D eigenvalue weighted by molar-refractivity contribution is -0.145. The zero-order chi connectivity index (χ0) is 25.8. The third-order valence-electron chi connectivity index (χ3n) is 6.72. The lowest BCUT2D eigenvalue weighted by Gasteiger charge is -2.40. The molecule has 8 nitrogen and oxygen atoms in total. The number of nitrogens with zero attached hydrogens (tertiary/aromatic N) is 1. The summed E-state index contributed by atoms with van der Waals surface area (Å²) in [6, 6.07) is 6.55. The number of carbonyl (C=O) groups excluding carboxylic acids is 3. The number of ether oxygens (including phenoxy) is 1. The summed E-state index contributed by atoms with van der Waals surface area (Å²) in [7, 11) is 0. The minimum atomic E-state index is -1.06. The maximum Gasteiger partial charge on any atom is 0.247 e. The van der Waals surface area contributed by atoms with Crippen LogP contribution in [-0.4, -0.2) is 47.9 Å². The van der Waals surface area contributed by atoms with Gasteiger partial charge < -0.3 is 26.0 Å². The largest absolute Gasteiger partial charge is 0.399 e. The minimum absolute atomic E-state index is 0.0580. The van der Waals surface area contributed by atoms with Crippen molar-refractivity contribution in [1.82, 2.24) is 10.2 Å². The SMILES string of the molecule is C[CH]C(=O)N[C@H](C(=O)N1Cc2cc(N)ccc2C[C@H]1C(=O)Nc1c(F)cccc1F)C1CCOCC1. The van der Waals surface area contributed by atoms with Gasteiger partial charge in [0.15, 0.2) is 0 Å². The molecule has 0 saturated carbocycles. The number of benzene rings is 2. The summed E-state index contributed by atoms with van der Waals surface area (Å²) >= 11 is 0. The van der Waals surface area contributed by atoms with Crippen LogP contribution in [-0.2, 0) is 32.1 Å². The number of para-hydroxylation sites is 1. The highest BCUT2D eigenvalue weighted by Crippen LogP contribution is 2.30. The summed E-state index contributed by atoms with van der Waals surface area (Å²) in [5, 5.41) is 5.10. The van der Waals surface area contributed by atoms with Crippen LogP contribution in [0, 0.1) is 24.0 Å². The molecule has 0 bridgehead atoms. The Labute approximate surface area is 208 Å². The van der Waals surface area contributed by atoms with Gasteiger partial charge in [0.25, 0.3) is 0 Å². The molecule has 4 rings (SSSR count). The van der Waals surface area contributed by atoms with Crippen molar-refractivity contribution in [1.29, 1.82) is 0 Å². The van der Waals surface area contributed by atoms with Crippen LogP contribution < -0.4 is 16.4 Å². The van der Waals surface area contributed by atoms with Gasteiger partial charge in [-0.15, -0.1) is 0 Å². The van der Waals surface area contributed by atoms with Gasteiger partial charge >= 0.3 is 0 Å². The van der Waals surface area contributed by atoms with Gasteiger partial charge in [-0.25, -0.2) is 8.78 Å². The number of nitrogen functional groups attached to an aromatic ring is 1. The Hall–Kier alpha value is -3.53. The van der Waals surface area contributed by atoms with Gasteiger partial charge in [0.1, 0.15) is 29.4 Å². The summed E-state index contributed by atoms with van der Waals surface area (Å²) in [6.07, 6.45) is 2.58. The van der Waals surface area contributed by atoms with E-state index in [2.05, 4.69) is 10.6 Å². The number of halogens is 2. The molecule has 1 radical (unpaired) electrons. The fourth-order valence-corrected chi connectivity index (χ4v) is 4.74. The zero-order valence-corrected chi connectivity index (χ0v) is 19.9. The van der Waals surface area contributed by atoms with E-state index in [-0.39, 0.29) is 18.9 Å². The number of hydrogen-bond donors (Lipinski definition) is 3. The number of nitrogens with two attached hydrogens (primary N) is 1. The smallest absolute Gasteiger partial charge is 0.247 e. The molecule has 0 spiro atoms. The number of amides is 3. The van der Waals surface area contributed by atoms with E-state index in [4.69, 9.17) is 10.5 Å². The lowest BCUT2D eigenvalue weighted by Crippen LogP contribution is -2.59. The highest BCUT2D eigenvalue weighted by Gasteiger charge is 2.41. The Morgan fingerprint density at radius 3 is 2.47 bits per heavy atom. The molecule has 2 aliphatic rings. The topological polar surface area (TPSA) is 114 Å². The summed E-state index contributed by atoms with van der Waals surface area (Å²) in [6.45, 7) is 2.54. The molecule has 191 valence electrons. The van der Waals surface area contributed by atoms with Gasteiger partial charge in [0.2, 0.25) is 17.7 Å². The summed E-state index contributed by atoms with van der Waals surface area (Å²) in [5.41, 5.74) is 7.45. The van der Waals surface area contributed by atoms with E-state index in [0.29, 0.717) is 31.7 Å². The van der Waals surface area contributed by atoms with Crippen molar-refractivity contribution in [3.05, 3.63) is 65.6 Å². The highest BCUT2D eigenvalue weighted by molar-refractivity contribution is 5.99. The molecule has 2 aliphatic heterocycles. The average molecular weight is 500 g/mol. The number of anilines is 2. The molecule has 2 atom stereocenters. The third kappa shape index (κ3) is 5.48. The maximum atomic E-state index is 14.3. The Kier molecular flexibility index (Phi) is 7.83. The van der Waals surface area contributed by atoms with Crippen molar-refractivity contribution in [2.45, 2.75) is 44.8 Å². The predicted molar refractivity (Wildman–Crippen MR) is 129 cm³/mol. The Morgan fingerprint density at radius 2 is 1.81 bits per heavy atom.